The van der Waals surface area contributed by atoms with Crippen molar-refractivity contribution in [3.05, 3.63) is 0 Å². The molecule has 0 aromatic rings. The van der Waals surface area contributed by atoms with Gasteiger partial charge >= 0.3 is 0 Å². The lowest BCUT2D eigenvalue weighted by Gasteiger charge is -2.22. The molecule has 0 amide bonds. The average Bonchev–Trinajstić information content (AvgIpc) is 2.07. The maximum atomic E-state index is 8.01. The molecule has 2 heteroatoms. The molecule has 0 aliphatic heterocycles. The van der Waals surface area contributed by atoms with Crippen LogP contribution < -0.4 is 0 Å². The van der Waals surface area contributed by atoms with Gasteiger partial charge in [0.15, 0.2) is 0 Å². The zero-order chi connectivity index (χ0) is 13.0. The molecule has 0 saturated carbocycles. The largest absolute Gasteiger partial charge is 0.106 e. The molecule has 0 aromatic heterocycles. The van der Waals surface area contributed by atoms with Crippen molar-refractivity contribution in [3.8, 4) is 11.8 Å². The third-order valence-electron chi connectivity index (χ3n) is 2.10. The lowest BCUT2D eigenvalue weighted by molar-refractivity contribution is 0.938. The molecule has 2 unspecified atom stereocenters. The van der Waals surface area contributed by atoms with Gasteiger partial charge in [-0.25, -0.2) is 0 Å². The van der Waals surface area contributed by atoms with E-state index in [0.717, 1.165) is 6.42 Å². The van der Waals surface area contributed by atoms with Gasteiger partial charge in [0.05, 0.1) is 16.1 Å². The van der Waals surface area contributed by atoms with E-state index in [1.165, 1.54) is 0 Å². The van der Waals surface area contributed by atoms with Gasteiger partial charge in [-0.2, -0.15) is 0 Å². The zero-order valence-electron chi connectivity index (χ0n) is 12.6. The highest BCUT2D eigenvalue weighted by Crippen LogP contribution is 2.24. The van der Waals surface area contributed by atoms with Crippen LogP contribution in [0.1, 0.15) is 16.1 Å². The van der Waals surface area contributed by atoms with E-state index < -0.39 is 16.1 Å². The van der Waals surface area contributed by atoms with Crippen LogP contribution in [0, 0.1) is 11.8 Å². The van der Waals surface area contributed by atoms with E-state index >= 15 is 0 Å². The minimum absolute atomic E-state index is 0.183. The van der Waals surface area contributed by atoms with E-state index in [2.05, 4.69) is 51.1 Å². The Morgan fingerprint density at radius 1 is 1.21 bits per heavy atom. The van der Waals surface area contributed by atoms with Gasteiger partial charge < -0.3 is 0 Å². The molecule has 0 spiro atoms. The van der Waals surface area contributed by atoms with E-state index in [4.69, 9.17) is 2.74 Å². The Labute approximate surface area is 95.3 Å². The van der Waals surface area contributed by atoms with Crippen molar-refractivity contribution in [3.63, 3.8) is 0 Å². The summed E-state index contributed by atoms with van der Waals surface area (Å²) >= 11 is 0. The molecule has 82 valence electrons. The van der Waals surface area contributed by atoms with Crippen molar-refractivity contribution in [1.82, 2.24) is 0 Å². The third-order valence-corrected chi connectivity index (χ3v) is 5.63. The highest BCUT2D eigenvalue weighted by Gasteiger charge is 2.23. The second-order valence-corrected chi connectivity index (χ2v) is 16.5. The van der Waals surface area contributed by atoms with Crippen LogP contribution >= 0.6 is 0 Å². The van der Waals surface area contributed by atoms with Crippen LogP contribution in [0.4, 0.5) is 0 Å². The summed E-state index contributed by atoms with van der Waals surface area (Å²) in [6.45, 7) is 13.9. The minimum Gasteiger partial charge on any atom is -0.106 e. The molecule has 0 fully saturated rings. The van der Waals surface area contributed by atoms with Crippen molar-refractivity contribution < 1.29 is 2.74 Å². The van der Waals surface area contributed by atoms with E-state index in [-0.39, 0.29) is 6.02 Å². The van der Waals surface area contributed by atoms with E-state index in [1.54, 1.807) is 0 Å². The molecule has 0 aliphatic rings. The lowest BCUT2D eigenvalue weighted by Crippen LogP contribution is -2.26. The maximum absolute atomic E-state index is 8.01. The molecule has 0 aromatic carbocycles. The lowest BCUT2D eigenvalue weighted by atomic mass is 10.3. The topological polar surface area (TPSA) is 0 Å². The molecule has 14 heavy (non-hydrogen) atoms. The van der Waals surface area contributed by atoms with Crippen LogP contribution in [0.3, 0.4) is 0 Å². The number of hydrogen-bond donors (Lipinski definition) is 0. The van der Waals surface area contributed by atoms with Crippen LogP contribution in [0.2, 0.25) is 50.8 Å². The first-order valence-electron chi connectivity index (χ1n) is 6.60. The fourth-order valence-corrected chi connectivity index (χ4v) is 2.98. The van der Waals surface area contributed by atoms with E-state index in [1.807, 2.05) is 0 Å². The van der Waals surface area contributed by atoms with E-state index in [0.29, 0.717) is 12.4 Å². The summed E-state index contributed by atoms with van der Waals surface area (Å²) in [4.78, 5) is 0. The average molecular weight is 229 g/mol. The van der Waals surface area contributed by atoms with Gasteiger partial charge in [0.2, 0.25) is 0 Å². The summed E-state index contributed by atoms with van der Waals surface area (Å²) in [5.41, 5.74) is 0.384. The Hall–Kier alpha value is -0.00623. The van der Waals surface area contributed by atoms with Gasteiger partial charge in [-0.3, -0.25) is 0 Å². The first-order valence-corrected chi connectivity index (χ1v) is 12.5. The molecule has 0 N–H and O–H groups in total. The van der Waals surface area contributed by atoms with E-state index in [9.17, 15) is 0 Å². The smallest absolute Gasteiger partial charge is 0.0612 e. The maximum Gasteiger partial charge on any atom is 0.0612 e. The number of rotatable bonds is 3. The Morgan fingerprint density at radius 3 is 2.14 bits per heavy atom. The van der Waals surface area contributed by atoms with Gasteiger partial charge in [0.25, 0.3) is 0 Å². The fraction of sp³-hybridized carbons (Fsp3) is 0.833. The molecule has 0 aliphatic carbocycles. The summed E-state index contributed by atoms with van der Waals surface area (Å²) in [5.74, 6) is 6.45. The fourth-order valence-electron chi connectivity index (χ4n) is 1.08. The molecule has 0 bridgehead atoms. The Bertz CT molecular complexity index is 265. The Morgan fingerprint density at radius 2 is 1.79 bits per heavy atom. The van der Waals surface area contributed by atoms with Gasteiger partial charge in [-0.1, -0.05) is 46.2 Å². The highest BCUT2D eigenvalue weighted by atomic mass is 28.3. The van der Waals surface area contributed by atoms with Crippen LogP contribution in [0.5, 0.6) is 0 Å². The third kappa shape index (κ3) is 6.45. The van der Waals surface area contributed by atoms with Crippen molar-refractivity contribution in [2.45, 2.75) is 64.2 Å². The second kappa shape index (κ2) is 5.18. The van der Waals surface area contributed by atoms with Gasteiger partial charge in [-0.15, -0.1) is 11.8 Å². The standard InChI is InChI=1S/C12H26Si2/c1-8-12(14(5,6)7)10-9-11-13(2,3)4/h12H,8,11H2,1-7H3/i1D,11D. The monoisotopic (exact) mass is 228 g/mol. The summed E-state index contributed by atoms with van der Waals surface area (Å²) in [7, 11) is -2.74. The van der Waals surface area contributed by atoms with Crippen molar-refractivity contribution >= 4 is 16.1 Å². The molecule has 0 nitrogen and oxygen atoms in total. The molecule has 0 radical (unpaired) electrons. The number of hydrogen-bond acceptors (Lipinski definition) is 0. The Balaban J connectivity index is 4.71. The molecule has 0 saturated heterocycles. The van der Waals surface area contributed by atoms with Gasteiger partial charge in [-0.05, 0) is 6.42 Å². The summed E-state index contributed by atoms with van der Waals surface area (Å²) in [5, 5.41) is 0. The predicted molar refractivity (Wildman–Crippen MR) is 73.3 cm³/mol. The second-order valence-electron chi connectivity index (χ2n) is 6.01. The zero-order valence-corrected chi connectivity index (χ0v) is 12.6. The highest BCUT2D eigenvalue weighted by molar-refractivity contribution is 6.78. The SMILES string of the molecule is [2H]CCC(C#CC([2H])[Si](C)(C)C)[Si](C)(C)C. The van der Waals surface area contributed by atoms with Crippen molar-refractivity contribution in [2.75, 3.05) is 0 Å². The molecule has 0 rings (SSSR count). The summed E-state index contributed by atoms with van der Waals surface area (Å²) < 4.78 is 15.3. The molecule has 2 atom stereocenters. The van der Waals surface area contributed by atoms with Crippen LogP contribution in [0.25, 0.3) is 0 Å². The van der Waals surface area contributed by atoms with Gasteiger partial charge in [0.1, 0.15) is 0 Å². The molecular weight excluding hydrogens is 200 g/mol. The Kier molecular flexibility index (Phi) is 3.89. The summed E-state index contributed by atoms with van der Waals surface area (Å²) in [6.07, 6.45) is 0.876. The van der Waals surface area contributed by atoms with Crippen LogP contribution in [-0.2, 0) is 0 Å². The minimum atomic E-state index is -1.45. The first-order chi connectivity index (χ1) is 7.09. The van der Waals surface area contributed by atoms with Crippen LogP contribution in [-0.4, -0.2) is 16.1 Å². The quantitative estimate of drug-likeness (QED) is 0.495. The van der Waals surface area contributed by atoms with Crippen molar-refractivity contribution in [2.24, 2.45) is 0 Å². The van der Waals surface area contributed by atoms with Crippen LogP contribution in [0.15, 0.2) is 0 Å². The summed E-state index contributed by atoms with van der Waals surface area (Å²) in [6, 6.07) is -0.183. The first kappa shape index (κ1) is 10.5. The predicted octanol–water partition coefficient (Wildman–Crippen LogP) is 4.45. The molecular formula is C12H26Si2. The molecule has 0 heterocycles. The normalized spacial score (nSPS) is 18.7. The van der Waals surface area contributed by atoms with Crippen molar-refractivity contribution in [1.29, 1.82) is 0 Å². The van der Waals surface area contributed by atoms with Gasteiger partial charge in [0, 0.05) is 14.3 Å².